The van der Waals surface area contributed by atoms with Crippen molar-refractivity contribution in [1.29, 1.82) is 0 Å². The predicted octanol–water partition coefficient (Wildman–Crippen LogP) is 2.42. The molecule has 26 heavy (non-hydrogen) atoms. The number of ether oxygens (including phenoxy) is 2. The molecule has 2 unspecified atom stereocenters. The summed E-state index contributed by atoms with van der Waals surface area (Å²) in [5.41, 5.74) is 6.11. The second kappa shape index (κ2) is 10.00. The van der Waals surface area contributed by atoms with Gasteiger partial charge in [0, 0.05) is 25.7 Å². The number of benzene rings is 1. The van der Waals surface area contributed by atoms with Crippen LogP contribution in [0.5, 0.6) is 11.5 Å². The molecule has 0 radical (unpaired) electrons. The lowest BCUT2D eigenvalue weighted by Gasteiger charge is -2.33. The molecule has 1 amide bonds. The zero-order chi connectivity index (χ0) is 19.1. The van der Waals surface area contributed by atoms with Gasteiger partial charge in [0.05, 0.1) is 12.1 Å². The Morgan fingerprint density at radius 2 is 2.27 bits per heavy atom. The summed E-state index contributed by atoms with van der Waals surface area (Å²) in [6.07, 6.45) is 2.62. The summed E-state index contributed by atoms with van der Waals surface area (Å²) < 4.78 is 10.7. The molecule has 1 saturated heterocycles. The van der Waals surface area contributed by atoms with Gasteiger partial charge in [-0.1, -0.05) is 18.5 Å². The number of carbonyl (C=O) groups excluding carboxylic acids is 1. The first-order chi connectivity index (χ1) is 12.4. The minimum atomic E-state index is -0.560. The molecule has 2 rings (SSSR count). The minimum Gasteiger partial charge on any atom is -0.493 e. The molecule has 1 aliphatic heterocycles. The number of nitrogens with zero attached hydrogens (tertiary/aromatic N) is 1. The fourth-order valence-electron chi connectivity index (χ4n) is 3.36. The van der Waals surface area contributed by atoms with E-state index in [2.05, 4.69) is 24.1 Å². The maximum atomic E-state index is 10.9. The zero-order valence-electron chi connectivity index (χ0n) is 15.9. The number of rotatable bonds is 9. The SMILES string of the molecule is COc1cc(CNC(C)CN2CCCC(C)C2)cc(Cl)c1OCC(N)=O. The highest BCUT2D eigenvalue weighted by molar-refractivity contribution is 6.32. The fraction of sp³-hybridized carbons (Fsp3) is 0.632. The van der Waals surface area contributed by atoms with Crippen molar-refractivity contribution >= 4 is 17.5 Å². The van der Waals surface area contributed by atoms with Gasteiger partial charge in [0.15, 0.2) is 18.1 Å². The smallest absolute Gasteiger partial charge is 0.255 e. The lowest BCUT2D eigenvalue weighted by Crippen LogP contribution is -2.43. The number of nitrogens with two attached hydrogens (primary N) is 1. The Bertz CT molecular complexity index is 612. The number of hydrogen-bond acceptors (Lipinski definition) is 5. The fourth-order valence-corrected chi connectivity index (χ4v) is 3.64. The first kappa shape index (κ1) is 20.8. The second-order valence-corrected chi connectivity index (χ2v) is 7.56. The number of amides is 1. The summed E-state index contributed by atoms with van der Waals surface area (Å²) >= 11 is 6.29. The van der Waals surface area contributed by atoms with Crippen LogP contribution in [0.25, 0.3) is 0 Å². The summed E-state index contributed by atoms with van der Waals surface area (Å²) in [5, 5.41) is 3.94. The van der Waals surface area contributed by atoms with Gasteiger partial charge in [-0.2, -0.15) is 0 Å². The van der Waals surface area contributed by atoms with Crippen LogP contribution in [0.15, 0.2) is 12.1 Å². The zero-order valence-corrected chi connectivity index (χ0v) is 16.6. The van der Waals surface area contributed by atoms with Crippen LogP contribution in [0.2, 0.25) is 5.02 Å². The van der Waals surface area contributed by atoms with Crippen molar-refractivity contribution in [2.45, 2.75) is 39.3 Å². The summed E-state index contributed by atoms with van der Waals surface area (Å²) in [6, 6.07) is 4.06. The van der Waals surface area contributed by atoms with Crippen LogP contribution in [0, 0.1) is 5.92 Å². The summed E-state index contributed by atoms with van der Waals surface area (Å²) in [4.78, 5) is 13.4. The minimum absolute atomic E-state index is 0.237. The molecular formula is C19H30ClN3O3. The number of hydrogen-bond donors (Lipinski definition) is 2. The maximum Gasteiger partial charge on any atom is 0.255 e. The molecule has 6 nitrogen and oxygen atoms in total. The highest BCUT2D eigenvalue weighted by Gasteiger charge is 2.18. The van der Waals surface area contributed by atoms with Gasteiger partial charge < -0.3 is 25.4 Å². The molecule has 1 aromatic carbocycles. The molecule has 0 spiro atoms. The first-order valence-electron chi connectivity index (χ1n) is 9.12. The van der Waals surface area contributed by atoms with Crippen molar-refractivity contribution < 1.29 is 14.3 Å². The van der Waals surface area contributed by atoms with Crippen molar-refractivity contribution in [3.05, 3.63) is 22.7 Å². The van der Waals surface area contributed by atoms with E-state index in [9.17, 15) is 4.79 Å². The Morgan fingerprint density at radius 3 is 2.92 bits per heavy atom. The van der Waals surface area contributed by atoms with Crippen LogP contribution in [-0.4, -0.2) is 50.2 Å². The number of methoxy groups -OCH3 is 1. The molecule has 0 aromatic heterocycles. The predicted molar refractivity (Wildman–Crippen MR) is 104 cm³/mol. The third-order valence-corrected chi connectivity index (χ3v) is 4.86. The molecule has 1 aromatic rings. The number of nitrogens with one attached hydrogen (secondary N) is 1. The Hall–Kier alpha value is -1.50. The molecule has 7 heteroatoms. The van der Waals surface area contributed by atoms with E-state index in [4.69, 9.17) is 26.8 Å². The van der Waals surface area contributed by atoms with Crippen LogP contribution >= 0.6 is 11.6 Å². The summed E-state index contributed by atoms with van der Waals surface area (Å²) in [5.74, 6) is 1.06. The van der Waals surface area contributed by atoms with E-state index in [1.165, 1.54) is 25.9 Å². The van der Waals surface area contributed by atoms with Gasteiger partial charge in [0.25, 0.3) is 5.91 Å². The molecule has 1 aliphatic rings. The lowest BCUT2D eigenvalue weighted by atomic mass is 10.00. The van der Waals surface area contributed by atoms with Gasteiger partial charge >= 0.3 is 0 Å². The summed E-state index contributed by atoms with van der Waals surface area (Å²) in [7, 11) is 1.54. The van der Waals surface area contributed by atoms with Crippen LogP contribution in [0.3, 0.4) is 0 Å². The van der Waals surface area contributed by atoms with E-state index in [0.29, 0.717) is 29.1 Å². The normalized spacial score (nSPS) is 19.2. The van der Waals surface area contributed by atoms with E-state index in [1.807, 2.05) is 12.1 Å². The second-order valence-electron chi connectivity index (χ2n) is 7.15. The average Bonchev–Trinajstić information content (AvgIpc) is 2.58. The molecule has 0 saturated carbocycles. The van der Waals surface area contributed by atoms with Crippen molar-refractivity contribution in [1.82, 2.24) is 10.2 Å². The lowest BCUT2D eigenvalue weighted by molar-refractivity contribution is -0.119. The standard InChI is InChI=1S/C19H30ClN3O3/c1-13-5-4-6-23(10-13)11-14(2)22-9-15-7-16(20)19(17(8-15)25-3)26-12-18(21)24/h7-8,13-14,22H,4-6,9-12H2,1-3H3,(H2,21,24). The molecule has 2 atom stereocenters. The largest absolute Gasteiger partial charge is 0.493 e. The molecule has 146 valence electrons. The van der Waals surface area contributed by atoms with Crippen LogP contribution in [0.4, 0.5) is 0 Å². The van der Waals surface area contributed by atoms with Crippen molar-refractivity contribution in [3.8, 4) is 11.5 Å². The van der Waals surface area contributed by atoms with E-state index in [1.54, 1.807) is 7.11 Å². The topological polar surface area (TPSA) is 76.8 Å². The first-order valence-corrected chi connectivity index (χ1v) is 9.50. The molecule has 0 aliphatic carbocycles. The number of carbonyl (C=O) groups is 1. The number of halogens is 1. The van der Waals surface area contributed by atoms with Gasteiger partial charge in [-0.05, 0) is 49.9 Å². The molecule has 1 fully saturated rings. The number of likely N-dealkylation sites (tertiary alicyclic amines) is 1. The Balaban J connectivity index is 1.92. The highest BCUT2D eigenvalue weighted by Crippen LogP contribution is 2.36. The van der Waals surface area contributed by atoms with E-state index in [0.717, 1.165) is 18.0 Å². The molecule has 1 heterocycles. The third kappa shape index (κ3) is 6.34. The van der Waals surface area contributed by atoms with Gasteiger partial charge in [-0.3, -0.25) is 4.79 Å². The molecule has 0 bridgehead atoms. The van der Waals surface area contributed by atoms with Gasteiger partial charge in [-0.15, -0.1) is 0 Å². The van der Waals surface area contributed by atoms with E-state index in [-0.39, 0.29) is 6.61 Å². The van der Waals surface area contributed by atoms with E-state index < -0.39 is 5.91 Å². The van der Waals surface area contributed by atoms with Gasteiger partial charge in [0.1, 0.15) is 0 Å². The molecular weight excluding hydrogens is 354 g/mol. The van der Waals surface area contributed by atoms with Crippen molar-refractivity contribution in [3.63, 3.8) is 0 Å². The maximum absolute atomic E-state index is 10.9. The summed E-state index contributed by atoms with van der Waals surface area (Å²) in [6.45, 7) is 8.35. The monoisotopic (exact) mass is 383 g/mol. The molecule has 3 N–H and O–H groups in total. The number of primary amides is 1. The Labute approximate surface area is 161 Å². The van der Waals surface area contributed by atoms with Crippen molar-refractivity contribution in [2.24, 2.45) is 11.7 Å². The average molecular weight is 384 g/mol. The van der Waals surface area contributed by atoms with Gasteiger partial charge in [-0.25, -0.2) is 0 Å². The van der Waals surface area contributed by atoms with Crippen LogP contribution < -0.4 is 20.5 Å². The van der Waals surface area contributed by atoms with Crippen LogP contribution in [-0.2, 0) is 11.3 Å². The van der Waals surface area contributed by atoms with Crippen LogP contribution in [0.1, 0.15) is 32.3 Å². The Kier molecular flexibility index (Phi) is 8.00. The highest BCUT2D eigenvalue weighted by atomic mass is 35.5. The van der Waals surface area contributed by atoms with Crippen molar-refractivity contribution in [2.75, 3.05) is 33.4 Å². The third-order valence-electron chi connectivity index (χ3n) is 4.58. The number of piperidine rings is 1. The quantitative estimate of drug-likeness (QED) is 0.684. The van der Waals surface area contributed by atoms with E-state index >= 15 is 0 Å². The van der Waals surface area contributed by atoms with Gasteiger partial charge in [0.2, 0.25) is 0 Å². The Morgan fingerprint density at radius 1 is 1.50 bits per heavy atom.